The normalized spacial score (nSPS) is 11.9. The molecular formula is C21H15BrF3N3. The van der Waals surface area contributed by atoms with Crippen molar-refractivity contribution in [3.63, 3.8) is 0 Å². The van der Waals surface area contributed by atoms with Crippen molar-refractivity contribution in [3.8, 4) is 22.3 Å². The molecule has 0 radical (unpaired) electrons. The van der Waals surface area contributed by atoms with E-state index in [0.29, 0.717) is 17.0 Å². The predicted octanol–water partition coefficient (Wildman–Crippen LogP) is 6.46. The maximum atomic E-state index is 13.8. The Kier molecular flexibility index (Phi) is 4.50. The molecule has 2 aromatic carbocycles. The van der Waals surface area contributed by atoms with Gasteiger partial charge in [-0.1, -0.05) is 58.4 Å². The summed E-state index contributed by atoms with van der Waals surface area (Å²) in [5, 5.41) is 3.93. The summed E-state index contributed by atoms with van der Waals surface area (Å²) in [5.74, 6) is 0. The zero-order chi connectivity index (χ0) is 20.1. The van der Waals surface area contributed by atoms with Crippen LogP contribution in [0.2, 0.25) is 0 Å². The van der Waals surface area contributed by atoms with Crippen LogP contribution < -0.4 is 0 Å². The average molecular weight is 446 g/mol. The Balaban J connectivity index is 2.08. The third-order valence-corrected chi connectivity index (χ3v) is 5.17. The van der Waals surface area contributed by atoms with E-state index in [1.54, 1.807) is 38.1 Å². The topological polar surface area (TPSA) is 30.2 Å². The predicted molar refractivity (Wildman–Crippen MR) is 106 cm³/mol. The molecule has 0 N–H and O–H groups in total. The van der Waals surface area contributed by atoms with Crippen LogP contribution in [0.4, 0.5) is 13.2 Å². The summed E-state index contributed by atoms with van der Waals surface area (Å²) in [6.07, 6.45) is -4.59. The Morgan fingerprint density at radius 2 is 1.46 bits per heavy atom. The van der Waals surface area contributed by atoms with E-state index in [9.17, 15) is 13.2 Å². The average Bonchev–Trinajstić information content (AvgIpc) is 3.03. The molecule has 4 aromatic rings. The van der Waals surface area contributed by atoms with Gasteiger partial charge in [-0.25, -0.2) is 9.50 Å². The lowest BCUT2D eigenvalue weighted by Crippen LogP contribution is -2.08. The van der Waals surface area contributed by atoms with Crippen LogP contribution in [0.5, 0.6) is 0 Å². The summed E-state index contributed by atoms with van der Waals surface area (Å²) in [5.41, 5.74) is 2.62. The van der Waals surface area contributed by atoms with Gasteiger partial charge in [0, 0.05) is 15.7 Å². The minimum absolute atomic E-state index is 0.00851. The number of fused-ring (bicyclic) bond motifs is 1. The van der Waals surface area contributed by atoms with Gasteiger partial charge < -0.3 is 0 Å². The molecule has 0 aliphatic rings. The lowest BCUT2D eigenvalue weighted by atomic mass is 10.0. The monoisotopic (exact) mass is 445 g/mol. The molecule has 0 saturated heterocycles. The molecule has 2 aromatic heterocycles. The van der Waals surface area contributed by atoms with Crippen LogP contribution in [0.25, 0.3) is 27.9 Å². The van der Waals surface area contributed by atoms with Crippen molar-refractivity contribution in [1.82, 2.24) is 14.6 Å². The molecule has 2 heterocycles. The van der Waals surface area contributed by atoms with E-state index in [0.717, 1.165) is 15.6 Å². The first kappa shape index (κ1) is 18.7. The summed E-state index contributed by atoms with van der Waals surface area (Å²) in [4.78, 5) is 4.53. The highest BCUT2D eigenvalue weighted by Gasteiger charge is 2.39. The van der Waals surface area contributed by atoms with Crippen molar-refractivity contribution < 1.29 is 13.2 Å². The van der Waals surface area contributed by atoms with E-state index in [1.807, 2.05) is 30.3 Å². The maximum absolute atomic E-state index is 13.8. The van der Waals surface area contributed by atoms with E-state index in [-0.39, 0.29) is 11.2 Å². The Bertz CT molecular complexity index is 1160. The van der Waals surface area contributed by atoms with Gasteiger partial charge in [-0.05, 0) is 37.1 Å². The molecule has 7 heteroatoms. The fraction of sp³-hybridized carbons (Fsp3) is 0.143. The fourth-order valence-electron chi connectivity index (χ4n) is 3.43. The summed E-state index contributed by atoms with van der Waals surface area (Å²) in [7, 11) is 0. The molecule has 0 spiro atoms. The number of benzene rings is 2. The van der Waals surface area contributed by atoms with Crippen molar-refractivity contribution >= 4 is 21.6 Å². The van der Waals surface area contributed by atoms with E-state index in [1.165, 1.54) is 4.52 Å². The lowest BCUT2D eigenvalue weighted by Gasteiger charge is -2.12. The molecule has 0 bridgehead atoms. The van der Waals surface area contributed by atoms with E-state index >= 15 is 0 Å². The zero-order valence-corrected chi connectivity index (χ0v) is 16.6. The van der Waals surface area contributed by atoms with Gasteiger partial charge in [-0.15, -0.1) is 0 Å². The molecule has 0 aliphatic heterocycles. The third kappa shape index (κ3) is 3.09. The molecule has 0 unspecified atom stereocenters. The minimum Gasteiger partial charge on any atom is -0.233 e. The number of hydrogen-bond donors (Lipinski definition) is 0. The van der Waals surface area contributed by atoms with E-state index < -0.39 is 11.9 Å². The van der Waals surface area contributed by atoms with Crippen LogP contribution in [0, 0.1) is 13.8 Å². The van der Waals surface area contributed by atoms with Gasteiger partial charge in [-0.2, -0.15) is 18.3 Å². The van der Waals surface area contributed by atoms with E-state index in [2.05, 4.69) is 26.0 Å². The minimum atomic E-state index is -4.59. The van der Waals surface area contributed by atoms with Crippen LogP contribution in [-0.4, -0.2) is 14.6 Å². The summed E-state index contributed by atoms with van der Waals surface area (Å²) in [6.45, 7) is 3.57. The molecule has 142 valence electrons. The van der Waals surface area contributed by atoms with Gasteiger partial charge in [0.1, 0.15) is 0 Å². The number of aryl methyl sites for hydroxylation is 2. The molecule has 0 aliphatic carbocycles. The first-order chi connectivity index (χ1) is 13.3. The second-order valence-corrected chi connectivity index (χ2v) is 7.40. The van der Waals surface area contributed by atoms with Crippen molar-refractivity contribution in [2.75, 3.05) is 0 Å². The van der Waals surface area contributed by atoms with Crippen LogP contribution in [0.1, 0.15) is 17.1 Å². The van der Waals surface area contributed by atoms with Crippen molar-refractivity contribution in [2.24, 2.45) is 0 Å². The molecule has 0 saturated carbocycles. The number of hydrogen-bond acceptors (Lipinski definition) is 2. The van der Waals surface area contributed by atoms with Gasteiger partial charge in [0.15, 0.2) is 11.3 Å². The number of nitrogens with zero attached hydrogens (tertiary/aromatic N) is 3. The molecular weight excluding hydrogens is 431 g/mol. The second-order valence-electron chi connectivity index (χ2n) is 6.49. The second kappa shape index (κ2) is 6.74. The van der Waals surface area contributed by atoms with Crippen LogP contribution in [0.3, 0.4) is 0 Å². The highest BCUT2D eigenvalue weighted by molar-refractivity contribution is 9.10. The summed E-state index contributed by atoms with van der Waals surface area (Å²) < 4.78 is 43.5. The Hall–Kier alpha value is -2.67. The molecule has 0 atom stereocenters. The first-order valence-electron chi connectivity index (χ1n) is 8.56. The van der Waals surface area contributed by atoms with E-state index in [4.69, 9.17) is 0 Å². The number of halogens is 4. The van der Waals surface area contributed by atoms with Crippen molar-refractivity contribution in [2.45, 2.75) is 20.0 Å². The van der Waals surface area contributed by atoms with Crippen LogP contribution in [-0.2, 0) is 6.18 Å². The highest BCUT2D eigenvalue weighted by Crippen LogP contribution is 2.40. The van der Waals surface area contributed by atoms with Gasteiger partial charge >= 0.3 is 6.18 Å². The largest absolute Gasteiger partial charge is 0.435 e. The van der Waals surface area contributed by atoms with Gasteiger partial charge in [0.2, 0.25) is 0 Å². The fourth-order valence-corrected chi connectivity index (χ4v) is 3.70. The smallest absolute Gasteiger partial charge is 0.233 e. The van der Waals surface area contributed by atoms with Crippen molar-refractivity contribution in [1.29, 1.82) is 0 Å². The van der Waals surface area contributed by atoms with Crippen LogP contribution >= 0.6 is 15.9 Å². The quantitative estimate of drug-likeness (QED) is 0.354. The summed E-state index contributed by atoms with van der Waals surface area (Å²) in [6, 6.07) is 16.2. The Morgan fingerprint density at radius 3 is 2.07 bits per heavy atom. The maximum Gasteiger partial charge on any atom is 0.435 e. The first-order valence-corrected chi connectivity index (χ1v) is 9.35. The summed E-state index contributed by atoms with van der Waals surface area (Å²) >= 11 is 3.32. The molecule has 0 amide bonds. The Morgan fingerprint density at radius 1 is 0.857 bits per heavy atom. The standard InChI is InChI=1S/C21H15BrF3N3/c1-12-17(14-6-4-3-5-7-14)13(2)28-20(26-12)18(19(27-28)21(23,24)25)15-8-10-16(22)11-9-15/h3-11H,1-2H3. The Labute approximate surface area is 168 Å². The molecule has 0 fully saturated rings. The van der Waals surface area contributed by atoms with Crippen molar-refractivity contribution in [3.05, 3.63) is 76.2 Å². The zero-order valence-electron chi connectivity index (χ0n) is 15.0. The number of rotatable bonds is 2. The number of alkyl halides is 3. The van der Waals surface area contributed by atoms with Gasteiger partial charge in [0.25, 0.3) is 0 Å². The SMILES string of the molecule is Cc1nc2c(-c3ccc(Br)cc3)c(C(F)(F)F)nn2c(C)c1-c1ccccc1. The van der Waals surface area contributed by atoms with Gasteiger partial charge in [0.05, 0.1) is 11.3 Å². The van der Waals surface area contributed by atoms with Crippen LogP contribution in [0.15, 0.2) is 59.1 Å². The number of aromatic nitrogens is 3. The molecule has 3 nitrogen and oxygen atoms in total. The van der Waals surface area contributed by atoms with Gasteiger partial charge in [-0.3, -0.25) is 0 Å². The highest BCUT2D eigenvalue weighted by atomic mass is 79.9. The molecule has 4 rings (SSSR count). The molecule has 28 heavy (non-hydrogen) atoms. The lowest BCUT2D eigenvalue weighted by molar-refractivity contribution is -0.140. The third-order valence-electron chi connectivity index (χ3n) is 4.64.